The van der Waals surface area contributed by atoms with Crippen molar-refractivity contribution in [1.29, 1.82) is 5.26 Å². The SMILES string of the molecule is C=C(CC)CNc1ccc(C#N)cc1. The quantitative estimate of drug-likeness (QED) is 0.734. The van der Waals surface area contributed by atoms with E-state index < -0.39 is 0 Å². The van der Waals surface area contributed by atoms with Crippen LogP contribution in [0.4, 0.5) is 5.69 Å². The highest BCUT2D eigenvalue weighted by molar-refractivity contribution is 5.47. The minimum absolute atomic E-state index is 0.685. The highest BCUT2D eigenvalue weighted by atomic mass is 14.9. The summed E-state index contributed by atoms with van der Waals surface area (Å²) in [5.41, 5.74) is 2.89. The lowest BCUT2D eigenvalue weighted by molar-refractivity contribution is 1.05. The first-order chi connectivity index (χ1) is 6.76. The summed E-state index contributed by atoms with van der Waals surface area (Å²) in [7, 11) is 0. The standard InChI is InChI=1S/C12H14N2/c1-3-10(2)9-14-12-6-4-11(8-13)5-7-12/h4-7,14H,2-3,9H2,1H3. The van der Waals surface area contributed by atoms with Crippen LogP contribution < -0.4 is 5.32 Å². The smallest absolute Gasteiger partial charge is 0.0991 e. The minimum Gasteiger partial charge on any atom is -0.381 e. The molecule has 0 unspecified atom stereocenters. The van der Waals surface area contributed by atoms with Crippen molar-refractivity contribution in [2.75, 3.05) is 11.9 Å². The fraction of sp³-hybridized carbons (Fsp3) is 0.250. The Morgan fingerprint density at radius 2 is 2.07 bits per heavy atom. The summed E-state index contributed by atoms with van der Waals surface area (Å²) in [4.78, 5) is 0. The molecule has 1 N–H and O–H groups in total. The number of anilines is 1. The Hall–Kier alpha value is -1.75. The first-order valence-corrected chi connectivity index (χ1v) is 4.67. The maximum absolute atomic E-state index is 8.60. The molecule has 0 heterocycles. The van der Waals surface area contributed by atoms with Crippen LogP contribution in [0.25, 0.3) is 0 Å². The third-order valence-electron chi connectivity index (χ3n) is 2.06. The monoisotopic (exact) mass is 186 g/mol. The molecule has 1 aromatic carbocycles. The molecule has 2 heteroatoms. The highest BCUT2D eigenvalue weighted by Crippen LogP contribution is 2.09. The van der Waals surface area contributed by atoms with Crippen LogP contribution in [0.3, 0.4) is 0 Å². The lowest BCUT2D eigenvalue weighted by Gasteiger charge is -2.06. The molecule has 0 saturated heterocycles. The molecular weight excluding hydrogens is 172 g/mol. The maximum atomic E-state index is 8.60. The zero-order valence-electron chi connectivity index (χ0n) is 8.38. The molecule has 0 spiro atoms. The van der Waals surface area contributed by atoms with Crippen LogP contribution in [0.15, 0.2) is 36.4 Å². The first kappa shape index (κ1) is 10.3. The molecule has 0 aromatic heterocycles. The molecule has 2 nitrogen and oxygen atoms in total. The predicted molar refractivity (Wildman–Crippen MR) is 59.1 cm³/mol. The van der Waals surface area contributed by atoms with Crippen LogP contribution in [0.2, 0.25) is 0 Å². The van der Waals surface area contributed by atoms with Gasteiger partial charge < -0.3 is 5.32 Å². The molecule has 0 aliphatic carbocycles. The van der Waals surface area contributed by atoms with E-state index in [2.05, 4.69) is 24.9 Å². The van der Waals surface area contributed by atoms with Crippen molar-refractivity contribution in [3.8, 4) is 6.07 Å². The van der Waals surface area contributed by atoms with E-state index in [9.17, 15) is 0 Å². The van der Waals surface area contributed by atoms with Gasteiger partial charge in [-0.2, -0.15) is 5.26 Å². The fourth-order valence-corrected chi connectivity index (χ4v) is 1.01. The van der Waals surface area contributed by atoms with E-state index in [0.717, 1.165) is 18.7 Å². The highest BCUT2D eigenvalue weighted by Gasteiger charge is 1.93. The van der Waals surface area contributed by atoms with Gasteiger partial charge in [-0.1, -0.05) is 19.1 Å². The third kappa shape index (κ3) is 2.95. The average molecular weight is 186 g/mol. The van der Waals surface area contributed by atoms with Gasteiger partial charge >= 0.3 is 0 Å². The zero-order valence-corrected chi connectivity index (χ0v) is 8.38. The van der Waals surface area contributed by atoms with Crippen LogP contribution in [0, 0.1) is 11.3 Å². The number of hydrogen-bond donors (Lipinski definition) is 1. The van der Waals surface area contributed by atoms with Crippen molar-refractivity contribution < 1.29 is 0 Å². The van der Waals surface area contributed by atoms with Crippen molar-refractivity contribution in [1.82, 2.24) is 0 Å². The molecular formula is C12H14N2. The van der Waals surface area contributed by atoms with E-state index in [1.165, 1.54) is 5.57 Å². The Kier molecular flexibility index (Phi) is 3.75. The normalized spacial score (nSPS) is 9.14. The number of nitriles is 1. The van der Waals surface area contributed by atoms with Gasteiger partial charge in [0.05, 0.1) is 11.6 Å². The summed E-state index contributed by atoms with van der Waals surface area (Å²) in [5, 5.41) is 11.8. The van der Waals surface area contributed by atoms with E-state index in [1.807, 2.05) is 12.1 Å². The van der Waals surface area contributed by atoms with Gasteiger partial charge in [-0.3, -0.25) is 0 Å². The minimum atomic E-state index is 0.685. The van der Waals surface area contributed by atoms with Crippen molar-refractivity contribution in [2.45, 2.75) is 13.3 Å². The summed E-state index contributed by atoms with van der Waals surface area (Å²) in [6.45, 7) is 6.79. The second-order valence-corrected chi connectivity index (χ2v) is 3.15. The molecule has 0 aliphatic heterocycles. The Balaban J connectivity index is 2.53. The van der Waals surface area contributed by atoms with Gasteiger partial charge in [-0.25, -0.2) is 0 Å². The molecule has 14 heavy (non-hydrogen) atoms. The van der Waals surface area contributed by atoms with Crippen LogP contribution in [0.5, 0.6) is 0 Å². The largest absolute Gasteiger partial charge is 0.381 e. The molecule has 1 rings (SSSR count). The van der Waals surface area contributed by atoms with Crippen LogP contribution in [0.1, 0.15) is 18.9 Å². The van der Waals surface area contributed by atoms with Gasteiger partial charge in [0.2, 0.25) is 0 Å². The number of nitrogens with one attached hydrogen (secondary N) is 1. The van der Waals surface area contributed by atoms with Gasteiger partial charge in [0.15, 0.2) is 0 Å². The molecule has 0 radical (unpaired) electrons. The van der Waals surface area contributed by atoms with Gasteiger partial charge in [-0.15, -0.1) is 0 Å². The van der Waals surface area contributed by atoms with Gasteiger partial charge in [0, 0.05) is 12.2 Å². The predicted octanol–water partition coefficient (Wildman–Crippen LogP) is 2.94. The Labute approximate surface area is 84.9 Å². The van der Waals surface area contributed by atoms with Crippen LogP contribution >= 0.6 is 0 Å². The molecule has 0 atom stereocenters. The van der Waals surface area contributed by atoms with E-state index in [0.29, 0.717) is 5.56 Å². The number of rotatable bonds is 4. The topological polar surface area (TPSA) is 35.8 Å². The van der Waals surface area contributed by atoms with Crippen molar-refractivity contribution in [3.63, 3.8) is 0 Å². The Morgan fingerprint density at radius 1 is 1.43 bits per heavy atom. The number of benzene rings is 1. The summed E-state index contributed by atoms with van der Waals surface area (Å²) in [5.74, 6) is 0. The molecule has 72 valence electrons. The Morgan fingerprint density at radius 3 is 2.57 bits per heavy atom. The third-order valence-corrected chi connectivity index (χ3v) is 2.06. The summed E-state index contributed by atoms with van der Waals surface area (Å²) >= 11 is 0. The molecule has 0 bridgehead atoms. The average Bonchev–Trinajstić information content (AvgIpc) is 2.26. The fourth-order valence-electron chi connectivity index (χ4n) is 1.01. The van der Waals surface area contributed by atoms with E-state index in [1.54, 1.807) is 12.1 Å². The van der Waals surface area contributed by atoms with Gasteiger partial charge in [-0.05, 0) is 30.7 Å². The van der Waals surface area contributed by atoms with Crippen molar-refractivity contribution in [2.24, 2.45) is 0 Å². The summed E-state index contributed by atoms with van der Waals surface area (Å²) in [6, 6.07) is 9.50. The molecule has 1 aromatic rings. The lowest BCUT2D eigenvalue weighted by Crippen LogP contribution is -2.02. The number of nitrogens with zero attached hydrogens (tertiary/aromatic N) is 1. The molecule has 0 saturated carbocycles. The van der Waals surface area contributed by atoms with Gasteiger partial charge in [0.1, 0.15) is 0 Å². The molecule has 0 aliphatic rings. The van der Waals surface area contributed by atoms with Crippen LogP contribution in [-0.4, -0.2) is 6.54 Å². The van der Waals surface area contributed by atoms with Crippen LogP contribution in [-0.2, 0) is 0 Å². The second kappa shape index (κ2) is 5.08. The Bertz CT molecular complexity index is 344. The van der Waals surface area contributed by atoms with Crippen molar-refractivity contribution in [3.05, 3.63) is 42.0 Å². The molecule has 0 amide bonds. The van der Waals surface area contributed by atoms with Gasteiger partial charge in [0.25, 0.3) is 0 Å². The molecule has 0 fully saturated rings. The van der Waals surface area contributed by atoms with E-state index >= 15 is 0 Å². The maximum Gasteiger partial charge on any atom is 0.0991 e. The van der Waals surface area contributed by atoms with E-state index in [4.69, 9.17) is 5.26 Å². The first-order valence-electron chi connectivity index (χ1n) is 4.67. The van der Waals surface area contributed by atoms with Crippen molar-refractivity contribution >= 4 is 5.69 Å². The number of hydrogen-bond acceptors (Lipinski definition) is 2. The lowest BCUT2D eigenvalue weighted by atomic mass is 10.2. The second-order valence-electron chi connectivity index (χ2n) is 3.15. The summed E-state index contributed by atoms with van der Waals surface area (Å²) in [6.07, 6.45) is 0.989. The van der Waals surface area contributed by atoms with E-state index in [-0.39, 0.29) is 0 Å². The zero-order chi connectivity index (χ0) is 10.4. The summed E-state index contributed by atoms with van der Waals surface area (Å²) < 4.78 is 0.